The average molecular weight is 323 g/mol. The van der Waals surface area contributed by atoms with Gasteiger partial charge in [0.1, 0.15) is 5.56 Å². The van der Waals surface area contributed by atoms with Crippen molar-refractivity contribution in [1.82, 2.24) is 4.90 Å². The summed E-state index contributed by atoms with van der Waals surface area (Å²) < 4.78 is 0. The van der Waals surface area contributed by atoms with E-state index in [4.69, 9.17) is 11.6 Å². The fourth-order valence-electron chi connectivity index (χ4n) is 3.87. The summed E-state index contributed by atoms with van der Waals surface area (Å²) in [5.74, 6) is 0.331. The normalized spacial score (nSPS) is 24.7. The standard InChI is InChI=1S/C16H19ClN2O3/c17-12-7-8-13(15(10-12)19(21)22)16(20)18-9-3-5-11-4-1-2-6-14(11)18/h7-8,10-11,14H,1-6,9H2. The molecular weight excluding hydrogens is 304 g/mol. The molecule has 2 fully saturated rings. The molecule has 3 rings (SSSR count). The number of hydrogen-bond acceptors (Lipinski definition) is 3. The first-order valence-electron chi connectivity index (χ1n) is 7.83. The third-order valence-corrected chi connectivity index (χ3v) is 5.13. The summed E-state index contributed by atoms with van der Waals surface area (Å²) in [7, 11) is 0. The van der Waals surface area contributed by atoms with Crippen LogP contribution in [0.2, 0.25) is 5.02 Å². The Labute approximate surface area is 134 Å². The third kappa shape index (κ3) is 2.82. The first-order valence-corrected chi connectivity index (χ1v) is 8.20. The lowest BCUT2D eigenvalue weighted by Crippen LogP contribution is -2.49. The topological polar surface area (TPSA) is 63.4 Å². The summed E-state index contributed by atoms with van der Waals surface area (Å²) in [5, 5.41) is 11.5. The van der Waals surface area contributed by atoms with Gasteiger partial charge in [-0.3, -0.25) is 14.9 Å². The van der Waals surface area contributed by atoms with Crippen LogP contribution in [-0.2, 0) is 0 Å². The molecule has 0 bridgehead atoms. The summed E-state index contributed by atoms with van der Waals surface area (Å²) in [5.41, 5.74) is -0.0453. The molecule has 0 aromatic heterocycles. The van der Waals surface area contributed by atoms with Crippen molar-refractivity contribution in [3.63, 3.8) is 0 Å². The van der Waals surface area contributed by atoms with Gasteiger partial charge in [-0.1, -0.05) is 24.4 Å². The molecule has 1 aliphatic carbocycles. The molecule has 0 N–H and O–H groups in total. The fraction of sp³-hybridized carbons (Fsp3) is 0.562. The van der Waals surface area contributed by atoms with E-state index in [9.17, 15) is 14.9 Å². The lowest BCUT2D eigenvalue weighted by Gasteiger charge is -2.44. The molecule has 5 nitrogen and oxygen atoms in total. The zero-order valence-electron chi connectivity index (χ0n) is 12.3. The molecule has 6 heteroatoms. The van der Waals surface area contributed by atoms with Gasteiger partial charge >= 0.3 is 0 Å². The number of carbonyl (C=O) groups is 1. The number of hydrogen-bond donors (Lipinski definition) is 0. The fourth-order valence-corrected chi connectivity index (χ4v) is 4.03. The molecule has 1 aromatic rings. The number of nitro groups is 1. The molecule has 22 heavy (non-hydrogen) atoms. The Bertz CT molecular complexity index is 603. The number of halogens is 1. The van der Waals surface area contributed by atoms with Crippen molar-refractivity contribution in [2.75, 3.05) is 6.54 Å². The monoisotopic (exact) mass is 322 g/mol. The maximum Gasteiger partial charge on any atom is 0.283 e. The van der Waals surface area contributed by atoms with Crippen molar-refractivity contribution >= 4 is 23.2 Å². The Balaban J connectivity index is 1.91. The van der Waals surface area contributed by atoms with Crippen molar-refractivity contribution in [1.29, 1.82) is 0 Å². The first-order chi connectivity index (χ1) is 10.6. The van der Waals surface area contributed by atoms with Gasteiger partial charge in [-0.25, -0.2) is 0 Å². The van der Waals surface area contributed by atoms with Crippen LogP contribution in [0.25, 0.3) is 0 Å². The third-order valence-electron chi connectivity index (χ3n) is 4.89. The molecule has 0 spiro atoms. The minimum absolute atomic E-state index is 0.153. The summed E-state index contributed by atoms with van der Waals surface area (Å²) in [4.78, 5) is 25.4. The molecule has 0 radical (unpaired) electrons. The van der Waals surface area contributed by atoms with Crippen molar-refractivity contribution in [3.05, 3.63) is 38.9 Å². The maximum atomic E-state index is 12.9. The molecule has 1 amide bonds. The van der Waals surface area contributed by atoms with Crippen LogP contribution in [-0.4, -0.2) is 28.3 Å². The van der Waals surface area contributed by atoms with Gasteiger partial charge in [-0.05, 0) is 43.7 Å². The minimum atomic E-state index is -0.526. The largest absolute Gasteiger partial charge is 0.335 e. The molecule has 1 saturated heterocycles. The van der Waals surface area contributed by atoms with E-state index in [1.165, 1.54) is 18.6 Å². The predicted molar refractivity (Wildman–Crippen MR) is 84.1 cm³/mol. The van der Waals surface area contributed by atoms with E-state index in [-0.39, 0.29) is 28.2 Å². The molecular formula is C16H19ClN2O3. The zero-order chi connectivity index (χ0) is 15.7. The SMILES string of the molecule is O=C(c1ccc(Cl)cc1[N+](=O)[O-])N1CCCC2CCCCC21. The summed E-state index contributed by atoms with van der Waals surface area (Å²) in [6, 6.07) is 4.53. The summed E-state index contributed by atoms with van der Waals surface area (Å²) in [6.45, 7) is 0.694. The van der Waals surface area contributed by atoms with Gasteiger partial charge in [0.2, 0.25) is 0 Å². The number of piperidine rings is 1. The minimum Gasteiger partial charge on any atom is -0.335 e. The van der Waals surface area contributed by atoms with Crippen molar-refractivity contribution in [3.8, 4) is 0 Å². The Morgan fingerprint density at radius 1 is 1.23 bits per heavy atom. The lowest BCUT2D eigenvalue weighted by atomic mass is 9.78. The average Bonchev–Trinajstić information content (AvgIpc) is 2.53. The Kier molecular flexibility index (Phi) is 4.34. The maximum absolute atomic E-state index is 12.9. The van der Waals surface area contributed by atoms with Crippen LogP contribution in [0, 0.1) is 16.0 Å². The molecule has 2 unspecified atom stereocenters. The van der Waals surface area contributed by atoms with Crippen molar-refractivity contribution in [2.24, 2.45) is 5.92 Å². The second-order valence-corrected chi connectivity index (χ2v) is 6.61. The van der Waals surface area contributed by atoms with E-state index >= 15 is 0 Å². The molecule has 1 aromatic carbocycles. The summed E-state index contributed by atoms with van der Waals surface area (Å²) >= 11 is 5.83. The highest BCUT2D eigenvalue weighted by molar-refractivity contribution is 6.31. The number of amides is 1. The van der Waals surface area contributed by atoms with Crippen LogP contribution in [0.15, 0.2) is 18.2 Å². The van der Waals surface area contributed by atoms with E-state index in [2.05, 4.69) is 0 Å². The number of benzene rings is 1. The van der Waals surface area contributed by atoms with E-state index in [0.717, 1.165) is 32.1 Å². The van der Waals surface area contributed by atoms with Gasteiger partial charge in [0.15, 0.2) is 0 Å². The number of nitrogens with zero attached hydrogens (tertiary/aromatic N) is 2. The van der Waals surface area contributed by atoms with Crippen LogP contribution in [0.5, 0.6) is 0 Å². The molecule has 118 valence electrons. The number of nitro benzene ring substituents is 1. The molecule has 1 heterocycles. The molecule has 2 aliphatic rings. The first kappa shape index (κ1) is 15.3. The Morgan fingerprint density at radius 3 is 2.73 bits per heavy atom. The zero-order valence-corrected chi connectivity index (χ0v) is 13.1. The van der Waals surface area contributed by atoms with E-state index in [0.29, 0.717) is 12.5 Å². The number of carbonyl (C=O) groups excluding carboxylic acids is 1. The van der Waals surface area contributed by atoms with Crippen molar-refractivity contribution in [2.45, 2.75) is 44.6 Å². The van der Waals surface area contributed by atoms with Crippen LogP contribution < -0.4 is 0 Å². The quantitative estimate of drug-likeness (QED) is 0.609. The van der Waals surface area contributed by atoms with Crippen LogP contribution in [0.1, 0.15) is 48.9 Å². The Morgan fingerprint density at radius 2 is 1.95 bits per heavy atom. The Hall–Kier alpha value is -1.62. The highest BCUT2D eigenvalue weighted by Crippen LogP contribution is 2.37. The number of fused-ring (bicyclic) bond motifs is 1. The highest BCUT2D eigenvalue weighted by Gasteiger charge is 2.37. The molecule has 2 atom stereocenters. The van der Waals surface area contributed by atoms with Gasteiger partial charge in [-0.2, -0.15) is 0 Å². The van der Waals surface area contributed by atoms with E-state index in [1.807, 2.05) is 4.90 Å². The van der Waals surface area contributed by atoms with E-state index < -0.39 is 4.92 Å². The van der Waals surface area contributed by atoms with Gasteiger partial charge < -0.3 is 4.90 Å². The highest BCUT2D eigenvalue weighted by atomic mass is 35.5. The van der Waals surface area contributed by atoms with Crippen LogP contribution in [0.4, 0.5) is 5.69 Å². The van der Waals surface area contributed by atoms with Crippen LogP contribution >= 0.6 is 11.6 Å². The van der Waals surface area contributed by atoms with Gasteiger partial charge in [0, 0.05) is 23.7 Å². The van der Waals surface area contributed by atoms with E-state index in [1.54, 1.807) is 6.07 Å². The number of likely N-dealkylation sites (tertiary alicyclic amines) is 1. The number of rotatable bonds is 2. The van der Waals surface area contributed by atoms with Gasteiger partial charge in [-0.15, -0.1) is 0 Å². The second-order valence-electron chi connectivity index (χ2n) is 6.17. The molecule has 1 saturated carbocycles. The smallest absolute Gasteiger partial charge is 0.283 e. The van der Waals surface area contributed by atoms with Gasteiger partial charge in [0.05, 0.1) is 4.92 Å². The predicted octanol–water partition coefficient (Wildman–Crippen LogP) is 4.04. The summed E-state index contributed by atoms with van der Waals surface area (Å²) in [6.07, 6.45) is 6.68. The van der Waals surface area contributed by atoms with Crippen molar-refractivity contribution < 1.29 is 9.72 Å². The van der Waals surface area contributed by atoms with Gasteiger partial charge in [0.25, 0.3) is 11.6 Å². The lowest BCUT2D eigenvalue weighted by molar-refractivity contribution is -0.385. The van der Waals surface area contributed by atoms with Crippen LogP contribution in [0.3, 0.4) is 0 Å². The molecule has 1 aliphatic heterocycles. The second kappa shape index (κ2) is 6.24.